The van der Waals surface area contributed by atoms with Crippen LogP contribution in [0.3, 0.4) is 0 Å². The van der Waals surface area contributed by atoms with Crippen LogP contribution in [0, 0.1) is 0 Å². The van der Waals surface area contributed by atoms with E-state index in [1.54, 1.807) is 7.05 Å². The number of rotatable bonds is 4. The van der Waals surface area contributed by atoms with Crippen molar-refractivity contribution < 1.29 is 9.53 Å². The number of nitrogen functional groups attached to an aromatic ring is 1. The quantitative estimate of drug-likeness (QED) is 0.875. The molecule has 0 aliphatic carbocycles. The van der Waals surface area contributed by atoms with Gasteiger partial charge in [-0.2, -0.15) is 0 Å². The zero-order valence-corrected chi connectivity index (χ0v) is 13.9. The lowest BCUT2D eigenvalue weighted by atomic mass is 10.3. The smallest absolute Gasteiger partial charge is 0.263 e. The van der Waals surface area contributed by atoms with Gasteiger partial charge in [-0.05, 0) is 20.9 Å². The standard InChI is InChI=1S/C14H24N4O2S/c1-9(2)20-11-10(15)12(13(19)16-3)21-14(11)18-7-5-17(4)6-8-18/h9H,5-8,15H2,1-4H3,(H,16,19). The maximum Gasteiger partial charge on any atom is 0.263 e. The van der Waals surface area contributed by atoms with Crippen LogP contribution in [0.2, 0.25) is 0 Å². The lowest BCUT2D eigenvalue weighted by Gasteiger charge is -2.33. The van der Waals surface area contributed by atoms with E-state index in [9.17, 15) is 4.79 Å². The summed E-state index contributed by atoms with van der Waals surface area (Å²) in [5.74, 6) is 0.490. The molecular weight excluding hydrogens is 288 g/mol. The van der Waals surface area contributed by atoms with Crippen LogP contribution in [0.25, 0.3) is 0 Å². The summed E-state index contributed by atoms with van der Waals surface area (Å²) < 4.78 is 5.88. The number of anilines is 2. The van der Waals surface area contributed by atoms with Crippen LogP contribution in [-0.4, -0.2) is 57.2 Å². The number of nitrogens with one attached hydrogen (secondary N) is 1. The molecule has 7 heteroatoms. The van der Waals surface area contributed by atoms with Crippen LogP contribution in [0.5, 0.6) is 5.75 Å². The van der Waals surface area contributed by atoms with E-state index in [0.29, 0.717) is 16.3 Å². The van der Waals surface area contributed by atoms with Crippen molar-refractivity contribution >= 4 is 27.9 Å². The number of amides is 1. The Hall–Kier alpha value is -1.47. The third-order valence-electron chi connectivity index (χ3n) is 3.46. The second-order valence-corrected chi connectivity index (χ2v) is 6.51. The second kappa shape index (κ2) is 6.53. The van der Waals surface area contributed by atoms with E-state index in [-0.39, 0.29) is 12.0 Å². The first kappa shape index (κ1) is 15.9. The summed E-state index contributed by atoms with van der Waals surface area (Å²) in [7, 11) is 3.72. The zero-order chi connectivity index (χ0) is 15.6. The van der Waals surface area contributed by atoms with E-state index in [4.69, 9.17) is 10.5 Å². The summed E-state index contributed by atoms with van der Waals surface area (Å²) in [5, 5.41) is 3.60. The molecule has 0 aromatic carbocycles. The van der Waals surface area contributed by atoms with Crippen LogP contribution in [0.4, 0.5) is 10.7 Å². The Labute approximate surface area is 129 Å². The molecule has 3 N–H and O–H groups in total. The summed E-state index contributed by atoms with van der Waals surface area (Å²) in [6.07, 6.45) is 0.0191. The zero-order valence-electron chi connectivity index (χ0n) is 13.1. The molecule has 0 saturated carbocycles. The molecule has 6 nitrogen and oxygen atoms in total. The summed E-state index contributed by atoms with van der Waals surface area (Å²) in [5.41, 5.74) is 6.60. The summed E-state index contributed by atoms with van der Waals surface area (Å²) >= 11 is 1.41. The number of carbonyl (C=O) groups excluding carboxylic acids is 1. The third kappa shape index (κ3) is 3.41. The van der Waals surface area contributed by atoms with Gasteiger partial charge in [0.2, 0.25) is 0 Å². The van der Waals surface area contributed by atoms with Gasteiger partial charge in [0.1, 0.15) is 15.6 Å². The second-order valence-electron chi connectivity index (χ2n) is 5.52. The van der Waals surface area contributed by atoms with Crippen LogP contribution in [0.15, 0.2) is 0 Å². The normalized spacial score (nSPS) is 16.3. The Bertz CT molecular complexity index is 507. The minimum Gasteiger partial charge on any atom is -0.486 e. The topological polar surface area (TPSA) is 70.8 Å². The fourth-order valence-electron chi connectivity index (χ4n) is 2.27. The van der Waals surface area contributed by atoms with Gasteiger partial charge in [-0.1, -0.05) is 0 Å². The van der Waals surface area contributed by atoms with Crippen LogP contribution >= 0.6 is 11.3 Å². The number of piperazine rings is 1. The van der Waals surface area contributed by atoms with E-state index < -0.39 is 0 Å². The Balaban J connectivity index is 2.35. The molecular formula is C14H24N4O2S. The van der Waals surface area contributed by atoms with Crippen LogP contribution < -0.4 is 20.7 Å². The highest BCUT2D eigenvalue weighted by Crippen LogP contribution is 2.45. The number of hydrogen-bond acceptors (Lipinski definition) is 6. The van der Waals surface area contributed by atoms with E-state index in [0.717, 1.165) is 31.2 Å². The molecule has 1 amide bonds. The molecule has 1 aromatic heterocycles. The first-order valence-electron chi connectivity index (χ1n) is 7.18. The molecule has 0 unspecified atom stereocenters. The van der Waals surface area contributed by atoms with E-state index in [1.807, 2.05) is 13.8 Å². The van der Waals surface area contributed by atoms with Gasteiger partial charge in [0.15, 0.2) is 5.75 Å². The summed E-state index contributed by atoms with van der Waals surface area (Å²) in [6.45, 7) is 7.74. The average molecular weight is 312 g/mol. The van der Waals surface area contributed by atoms with Gasteiger partial charge in [0.05, 0.1) is 6.10 Å². The Morgan fingerprint density at radius 3 is 2.48 bits per heavy atom. The Kier molecular flexibility index (Phi) is 4.95. The predicted molar refractivity (Wildman–Crippen MR) is 87.6 cm³/mol. The molecule has 0 radical (unpaired) electrons. The van der Waals surface area contributed by atoms with Gasteiger partial charge in [-0.15, -0.1) is 11.3 Å². The number of likely N-dealkylation sites (N-methyl/N-ethyl adjacent to an activating group) is 1. The van der Waals surface area contributed by atoms with Gasteiger partial charge >= 0.3 is 0 Å². The maximum atomic E-state index is 12.0. The molecule has 21 heavy (non-hydrogen) atoms. The number of nitrogens with two attached hydrogens (primary N) is 1. The lowest BCUT2D eigenvalue weighted by molar-refractivity contribution is 0.0967. The van der Waals surface area contributed by atoms with E-state index >= 15 is 0 Å². The Morgan fingerprint density at radius 2 is 1.95 bits per heavy atom. The maximum absolute atomic E-state index is 12.0. The number of ether oxygens (including phenoxy) is 1. The molecule has 0 spiro atoms. The van der Waals surface area contributed by atoms with Crippen molar-refractivity contribution in [3.8, 4) is 5.75 Å². The minimum atomic E-state index is -0.161. The largest absolute Gasteiger partial charge is 0.486 e. The van der Waals surface area contributed by atoms with Crippen molar-refractivity contribution in [1.29, 1.82) is 0 Å². The molecule has 1 saturated heterocycles. The summed E-state index contributed by atoms with van der Waals surface area (Å²) in [4.78, 5) is 17.0. The highest BCUT2D eigenvalue weighted by Gasteiger charge is 2.27. The molecule has 2 heterocycles. The van der Waals surface area contributed by atoms with E-state index in [2.05, 4.69) is 22.2 Å². The molecule has 1 aromatic rings. The first-order valence-corrected chi connectivity index (χ1v) is 8.00. The molecule has 1 aliphatic rings. The molecule has 0 bridgehead atoms. The van der Waals surface area contributed by atoms with E-state index in [1.165, 1.54) is 11.3 Å². The highest BCUT2D eigenvalue weighted by atomic mass is 32.1. The van der Waals surface area contributed by atoms with Crippen molar-refractivity contribution in [1.82, 2.24) is 10.2 Å². The molecule has 1 aliphatic heterocycles. The monoisotopic (exact) mass is 312 g/mol. The van der Waals surface area contributed by atoms with Crippen molar-refractivity contribution in [3.05, 3.63) is 4.88 Å². The molecule has 118 valence electrons. The van der Waals surface area contributed by atoms with Gasteiger partial charge in [-0.3, -0.25) is 4.79 Å². The van der Waals surface area contributed by atoms with Crippen molar-refractivity contribution in [2.24, 2.45) is 0 Å². The molecule has 0 atom stereocenters. The number of nitrogens with zero attached hydrogens (tertiary/aromatic N) is 2. The van der Waals surface area contributed by atoms with Gasteiger partial charge in [0.25, 0.3) is 5.91 Å². The fourth-order valence-corrected chi connectivity index (χ4v) is 3.42. The van der Waals surface area contributed by atoms with Crippen LogP contribution in [0.1, 0.15) is 23.5 Å². The summed E-state index contributed by atoms with van der Waals surface area (Å²) in [6, 6.07) is 0. The Morgan fingerprint density at radius 1 is 1.33 bits per heavy atom. The lowest BCUT2D eigenvalue weighted by Crippen LogP contribution is -2.44. The van der Waals surface area contributed by atoms with Crippen LogP contribution in [-0.2, 0) is 0 Å². The highest BCUT2D eigenvalue weighted by molar-refractivity contribution is 7.19. The minimum absolute atomic E-state index is 0.0191. The SMILES string of the molecule is CNC(=O)c1sc(N2CCN(C)CC2)c(OC(C)C)c1N. The van der Waals surface area contributed by atoms with Gasteiger partial charge < -0.3 is 25.6 Å². The average Bonchev–Trinajstić information content (AvgIpc) is 2.76. The predicted octanol–water partition coefficient (Wildman–Crippen LogP) is 1.23. The first-order chi connectivity index (χ1) is 9.93. The number of carbonyl (C=O) groups is 1. The van der Waals surface area contributed by atoms with Gasteiger partial charge in [0, 0.05) is 33.2 Å². The van der Waals surface area contributed by atoms with Crippen molar-refractivity contribution in [2.45, 2.75) is 20.0 Å². The number of thiophene rings is 1. The third-order valence-corrected chi connectivity index (χ3v) is 4.71. The molecule has 2 rings (SSSR count). The number of hydrogen-bond donors (Lipinski definition) is 2. The van der Waals surface area contributed by atoms with Crippen molar-refractivity contribution in [2.75, 3.05) is 50.9 Å². The molecule has 1 fully saturated rings. The fraction of sp³-hybridized carbons (Fsp3) is 0.643. The van der Waals surface area contributed by atoms with Crippen molar-refractivity contribution in [3.63, 3.8) is 0 Å². The van der Waals surface area contributed by atoms with Gasteiger partial charge in [-0.25, -0.2) is 0 Å².